The standard InChI is InChI=1S/C13H22F3NO/c1-18-11-4-2-3-9(7-11)12-6-5-10(8-17-12)13(14,15)16/h9-12,17H,2-8H2,1H3. The first kappa shape index (κ1) is 14.1. The van der Waals surface area contributed by atoms with Crippen LogP contribution < -0.4 is 5.32 Å². The normalized spacial score (nSPS) is 38.7. The maximum Gasteiger partial charge on any atom is 0.393 e. The zero-order chi connectivity index (χ0) is 13.2. The van der Waals surface area contributed by atoms with E-state index in [2.05, 4.69) is 5.32 Å². The number of ether oxygens (including phenoxy) is 1. The highest BCUT2D eigenvalue weighted by atomic mass is 19.4. The predicted octanol–water partition coefficient (Wildman–Crippen LogP) is 3.12. The fourth-order valence-electron chi connectivity index (χ4n) is 3.32. The Hall–Kier alpha value is -0.290. The van der Waals surface area contributed by atoms with Crippen LogP contribution in [0.25, 0.3) is 0 Å². The molecule has 0 spiro atoms. The largest absolute Gasteiger partial charge is 0.393 e. The van der Waals surface area contributed by atoms with Gasteiger partial charge in [0.05, 0.1) is 12.0 Å². The van der Waals surface area contributed by atoms with Crippen molar-refractivity contribution in [2.75, 3.05) is 13.7 Å². The summed E-state index contributed by atoms with van der Waals surface area (Å²) in [6.45, 7) is 0.0856. The van der Waals surface area contributed by atoms with Gasteiger partial charge in [-0.3, -0.25) is 0 Å². The summed E-state index contributed by atoms with van der Waals surface area (Å²) in [6.07, 6.45) is 1.50. The lowest BCUT2D eigenvalue weighted by molar-refractivity contribution is -0.180. The van der Waals surface area contributed by atoms with E-state index in [1.165, 1.54) is 0 Å². The molecule has 1 aliphatic heterocycles. The number of halogens is 3. The summed E-state index contributed by atoms with van der Waals surface area (Å²) in [6, 6.07) is 0.251. The fourth-order valence-corrected chi connectivity index (χ4v) is 3.32. The van der Waals surface area contributed by atoms with Crippen LogP contribution in [0.15, 0.2) is 0 Å². The van der Waals surface area contributed by atoms with Gasteiger partial charge in [-0.25, -0.2) is 0 Å². The lowest BCUT2D eigenvalue weighted by atomic mass is 9.78. The monoisotopic (exact) mass is 265 g/mol. The second-order valence-electron chi connectivity index (χ2n) is 5.62. The summed E-state index contributed by atoms with van der Waals surface area (Å²) in [5.74, 6) is -0.673. The number of methoxy groups -OCH3 is 1. The second kappa shape index (κ2) is 5.78. The number of nitrogens with one attached hydrogen (secondary N) is 1. The molecule has 2 fully saturated rings. The molecule has 0 radical (unpaired) electrons. The molecule has 0 bridgehead atoms. The average molecular weight is 265 g/mol. The maximum absolute atomic E-state index is 12.6. The van der Waals surface area contributed by atoms with E-state index in [-0.39, 0.29) is 19.0 Å². The second-order valence-corrected chi connectivity index (χ2v) is 5.62. The van der Waals surface area contributed by atoms with E-state index in [0.29, 0.717) is 18.4 Å². The number of piperidine rings is 1. The Morgan fingerprint density at radius 1 is 1.11 bits per heavy atom. The zero-order valence-electron chi connectivity index (χ0n) is 10.8. The Kier molecular flexibility index (Phi) is 4.54. The first-order valence-corrected chi connectivity index (χ1v) is 6.83. The molecule has 1 saturated heterocycles. The van der Waals surface area contributed by atoms with E-state index in [1.807, 2.05) is 0 Å². The van der Waals surface area contributed by atoms with Gasteiger partial charge in [0.2, 0.25) is 0 Å². The highest BCUT2D eigenvalue weighted by Crippen LogP contribution is 2.36. The Bertz CT molecular complexity index is 261. The average Bonchev–Trinajstić information content (AvgIpc) is 2.38. The Labute approximate surface area is 106 Å². The molecule has 0 aromatic carbocycles. The van der Waals surface area contributed by atoms with Crippen molar-refractivity contribution in [1.82, 2.24) is 5.32 Å². The Balaban J connectivity index is 1.82. The quantitative estimate of drug-likeness (QED) is 0.828. The van der Waals surface area contributed by atoms with E-state index in [4.69, 9.17) is 4.74 Å². The minimum atomic E-state index is -4.04. The van der Waals surface area contributed by atoms with Crippen molar-refractivity contribution >= 4 is 0 Å². The summed E-state index contributed by atoms with van der Waals surface area (Å²) in [4.78, 5) is 0. The number of hydrogen-bond donors (Lipinski definition) is 1. The molecule has 0 aromatic rings. The topological polar surface area (TPSA) is 21.3 Å². The molecule has 4 atom stereocenters. The highest BCUT2D eigenvalue weighted by molar-refractivity contribution is 4.88. The van der Waals surface area contributed by atoms with Gasteiger partial charge >= 0.3 is 6.18 Å². The first-order chi connectivity index (χ1) is 8.50. The van der Waals surface area contributed by atoms with Crippen LogP contribution in [0.5, 0.6) is 0 Å². The van der Waals surface area contributed by atoms with E-state index in [1.54, 1.807) is 7.11 Å². The third-order valence-electron chi connectivity index (χ3n) is 4.48. The van der Waals surface area contributed by atoms with Gasteiger partial charge in [0, 0.05) is 19.7 Å². The number of hydrogen-bond acceptors (Lipinski definition) is 2. The van der Waals surface area contributed by atoms with Crippen LogP contribution in [-0.4, -0.2) is 32.0 Å². The number of rotatable bonds is 2. The molecule has 1 aliphatic carbocycles. The van der Waals surface area contributed by atoms with E-state index < -0.39 is 12.1 Å². The van der Waals surface area contributed by atoms with Crippen LogP contribution in [-0.2, 0) is 4.74 Å². The van der Waals surface area contributed by atoms with Crippen molar-refractivity contribution in [3.63, 3.8) is 0 Å². The van der Waals surface area contributed by atoms with E-state index in [0.717, 1.165) is 25.7 Å². The predicted molar refractivity (Wildman–Crippen MR) is 63.3 cm³/mol. The molecular formula is C13H22F3NO. The zero-order valence-corrected chi connectivity index (χ0v) is 10.8. The first-order valence-electron chi connectivity index (χ1n) is 6.83. The van der Waals surface area contributed by atoms with Crippen molar-refractivity contribution < 1.29 is 17.9 Å². The van der Waals surface area contributed by atoms with Crippen molar-refractivity contribution in [2.45, 2.75) is 56.8 Å². The molecule has 0 amide bonds. The fraction of sp³-hybridized carbons (Fsp3) is 1.00. The minimum Gasteiger partial charge on any atom is -0.381 e. The summed E-state index contributed by atoms with van der Waals surface area (Å²) in [5, 5.41) is 3.11. The SMILES string of the molecule is COC1CCCC(C2CCC(C(F)(F)F)CN2)C1. The van der Waals surface area contributed by atoms with Gasteiger partial charge in [0.1, 0.15) is 0 Å². The summed E-state index contributed by atoms with van der Waals surface area (Å²) >= 11 is 0. The van der Waals surface area contributed by atoms with Gasteiger partial charge in [-0.2, -0.15) is 13.2 Å². The van der Waals surface area contributed by atoms with Crippen LogP contribution in [0.3, 0.4) is 0 Å². The summed E-state index contributed by atoms with van der Waals surface area (Å²) in [5.41, 5.74) is 0. The van der Waals surface area contributed by atoms with Crippen LogP contribution in [0.2, 0.25) is 0 Å². The van der Waals surface area contributed by atoms with Crippen molar-refractivity contribution in [2.24, 2.45) is 11.8 Å². The lowest BCUT2D eigenvalue weighted by Gasteiger charge is -2.39. The number of alkyl halides is 3. The Morgan fingerprint density at radius 3 is 2.44 bits per heavy atom. The maximum atomic E-state index is 12.6. The molecule has 106 valence electrons. The van der Waals surface area contributed by atoms with Gasteiger partial charge in [0.15, 0.2) is 0 Å². The molecule has 5 heteroatoms. The van der Waals surface area contributed by atoms with E-state index >= 15 is 0 Å². The molecule has 0 aromatic heterocycles. The summed E-state index contributed by atoms with van der Waals surface area (Å²) in [7, 11) is 1.72. The summed E-state index contributed by atoms with van der Waals surface area (Å²) < 4.78 is 43.1. The van der Waals surface area contributed by atoms with Crippen LogP contribution in [0.1, 0.15) is 38.5 Å². The molecule has 2 aliphatic rings. The molecule has 1 heterocycles. The lowest BCUT2D eigenvalue weighted by Crippen LogP contribution is -2.48. The van der Waals surface area contributed by atoms with Gasteiger partial charge < -0.3 is 10.1 Å². The third-order valence-corrected chi connectivity index (χ3v) is 4.48. The molecule has 1 saturated carbocycles. The van der Waals surface area contributed by atoms with Crippen LogP contribution in [0.4, 0.5) is 13.2 Å². The van der Waals surface area contributed by atoms with Crippen molar-refractivity contribution in [1.29, 1.82) is 0 Å². The molecule has 2 rings (SSSR count). The third kappa shape index (κ3) is 3.38. The molecule has 1 N–H and O–H groups in total. The van der Waals surface area contributed by atoms with E-state index in [9.17, 15) is 13.2 Å². The molecule has 18 heavy (non-hydrogen) atoms. The molecular weight excluding hydrogens is 243 g/mol. The highest BCUT2D eigenvalue weighted by Gasteiger charge is 2.42. The van der Waals surface area contributed by atoms with Gasteiger partial charge in [-0.1, -0.05) is 6.42 Å². The van der Waals surface area contributed by atoms with Crippen LogP contribution >= 0.6 is 0 Å². The minimum absolute atomic E-state index is 0.0856. The van der Waals surface area contributed by atoms with Gasteiger partial charge in [-0.05, 0) is 38.0 Å². The van der Waals surface area contributed by atoms with Crippen molar-refractivity contribution in [3.05, 3.63) is 0 Å². The van der Waals surface area contributed by atoms with Crippen molar-refractivity contribution in [3.8, 4) is 0 Å². The van der Waals surface area contributed by atoms with Gasteiger partial charge in [0.25, 0.3) is 0 Å². The van der Waals surface area contributed by atoms with Crippen LogP contribution in [0, 0.1) is 11.8 Å². The molecule has 2 nitrogen and oxygen atoms in total. The smallest absolute Gasteiger partial charge is 0.381 e. The molecule has 4 unspecified atom stereocenters. The Morgan fingerprint density at radius 2 is 1.89 bits per heavy atom. The van der Waals surface area contributed by atoms with Gasteiger partial charge in [-0.15, -0.1) is 0 Å².